The van der Waals surface area contributed by atoms with E-state index in [4.69, 9.17) is 47.4 Å². The van der Waals surface area contributed by atoms with Crippen molar-refractivity contribution in [3.8, 4) is 28.7 Å². The molecule has 580 valence electrons. The second-order valence-electron chi connectivity index (χ2n) is 28.7. The quantitative estimate of drug-likeness (QED) is 0.0334. The summed E-state index contributed by atoms with van der Waals surface area (Å²) in [7, 11) is 0. The molecular weight excluding hydrogens is 1400 g/mol. The average molecular weight is 1500 g/mol. The molecule has 2 aliphatic rings. The van der Waals surface area contributed by atoms with Crippen molar-refractivity contribution in [3.63, 3.8) is 0 Å². The van der Waals surface area contributed by atoms with Gasteiger partial charge in [-0.3, -0.25) is 24.0 Å². The molecule has 2 aliphatic carbocycles. The van der Waals surface area contributed by atoms with E-state index in [-0.39, 0.29) is 51.4 Å². The Labute approximate surface area is 644 Å². The van der Waals surface area contributed by atoms with Gasteiger partial charge in [-0.1, -0.05) is 136 Å². The zero-order valence-corrected chi connectivity index (χ0v) is 65.6. The zero-order valence-electron chi connectivity index (χ0n) is 65.6. The van der Waals surface area contributed by atoms with Crippen LogP contribution in [0.15, 0.2) is 178 Å². The Hall–Kier alpha value is -12.1. The minimum absolute atomic E-state index is 0.180. The van der Waals surface area contributed by atoms with Crippen molar-refractivity contribution in [1.29, 1.82) is 0 Å². The van der Waals surface area contributed by atoms with E-state index in [9.17, 15) is 47.9 Å². The summed E-state index contributed by atoms with van der Waals surface area (Å²) < 4.78 is 53.1. The number of carbonyl (C=O) groups excluding carboxylic acids is 10. The van der Waals surface area contributed by atoms with E-state index in [2.05, 4.69) is 32.9 Å². The molecule has 20 nitrogen and oxygen atoms in total. The van der Waals surface area contributed by atoms with Gasteiger partial charge >= 0.3 is 59.7 Å². The molecule has 0 saturated heterocycles. The van der Waals surface area contributed by atoms with Crippen LogP contribution in [0.3, 0.4) is 0 Å². The van der Waals surface area contributed by atoms with E-state index in [1.165, 1.54) is 46.3 Å². The third kappa shape index (κ3) is 29.3. The molecule has 1 fully saturated rings. The number of benzene rings is 7. The van der Waals surface area contributed by atoms with Gasteiger partial charge in [0.25, 0.3) is 0 Å². The second kappa shape index (κ2) is 40.8. The molecule has 0 N–H and O–H groups in total. The highest BCUT2D eigenvalue weighted by atomic mass is 16.6. The van der Waals surface area contributed by atoms with Gasteiger partial charge in [0.1, 0.15) is 79.5 Å². The second-order valence-corrected chi connectivity index (χ2v) is 28.7. The van der Waals surface area contributed by atoms with E-state index in [0.717, 1.165) is 90.0 Å². The normalized spacial score (nSPS) is 13.3. The van der Waals surface area contributed by atoms with E-state index in [1.54, 1.807) is 172 Å². The Morgan fingerprint density at radius 1 is 0.391 bits per heavy atom. The highest BCUT2D eigenvalue weighted by molar-refractivity contribution is 6.01. The predicted molar refractivity (Wildman–Crippen MR) is 426 cm³/mol. The summed E-state index contributed by atoms with van der Waals surface area (Å²) in [5.74, 6) is -3.80. The predicted octanol–water partition coefficient (Wildman–Crippen LogP) is 20.0. The maximum absolute atomic E-state index is 13.1. The summed E-state index contributed by atoms with van der Waals surface area (Å²) in [6.45, 7) is 43.0. The number of hydrogen-bond acceptors (Lipinski definition) is 20. The Bertz CT molecular complexity index is 4600. The van der Waals surface area contributed by atoms with Crippen LogP contribution in [0.25, 0.3) is 41.2 Å². The van der Waals surface area contributed by atoms with Crippen LogP contribution in [0.1, 0.15) is 240 Å². The number of esters is 10. The maximum Gasteiger partial charge on any atom is 0.342 e. The molecule has 9 rings (SSSR count). The van der Waals surface area contributed by atoms with Crippen LogP contribution in [-0.4, -0.2) is 82.6 Å². The van der Waals surface area contributed by atoms with Gasteiger partial charge in [0.05, 0.1) is 5.56 Å². The lowest BCUT2D eigenvalue weighted by atomic mass is 9.79. The lowest BCUT2D eigenvalue weighted by Crippen LogP contribution is -2.35. The number of fused-ring (bicyclic) bond motifs is 1. The number of allylic oxidation sites excluding steroid dienone is 1. The molecule has 7 aromatic rings. The van der Waals surface area contributed by atoms with Gasteiger partial charge in [-0.2, -0.15) is 0 Å². The van der Waals surface area contributed by atoms with Gasteiger partial charge in [0, 0.05) is 34.6 Å². The van der Waals surface area contributed by atoms with E-state index >= 15 is 0 Å². The van der Waals surface area contributed by atoms with Crippen molar-refractivity contribution in [2.24, 2.45) is 0 Å². The van der Waals surface area contributed by atoms with Crippen LogP contribution in [0.5, 0.6) is 28.7 Å². The Morgan fingerprint density at radius 3 is 1.32 bits per heavy atom. The van der Waals surface area contributed by atoms with Crippen molar-refractivity contribution in [3.05, 3.63) is 239 Å². The van der Waals surface area contributed by atoms with Gasteiger partial charge in [-0.05, 0) is 237 Å². The fourth-order valence-corrected chi connectivity index (χ4v) is 11.0. The summed E-state index contributed by atoms with van der Waals surface area (Å²) in [6.07, 6.45) is 17.5. The standard InChI is InChI=1S/C23H24O4.C19H20O4.C18H20O4.2C15H18O4/c1-3-18-12-13-21(26-17(2)24)20(16-18)22(25)27-23(14-8-5-9-15-23)19-10-6-4-7-11-19;1-6-13-7-8-14-11-17(22-12(2)20)16(10-15(14)9-13)18(21)23-19(3,4)5;1-4-14-8-9-17(21-13(3)19)16(11-14)18(20)22-15-7-5-6-12(2)10-15;1-6-11-7-12(14(17)19-15(3,4)5)9-13(8-11)18-10(2)16;1-6-11-7-8-12(13(9-11)18-10(2)16)14(17)19-15(3,4)5/h3-4,6-7,10-13,16H,1,5,8-9,14-15H2,2H3;6-11H,1H2,2-5H3;4,8-11,15H,1,5-7H2,2-3H3;2*6-9H,1H2,2-5H3. The Balaban J connectivity index is 0.000000248. The molecule has 7 aromatic carbocycles. The monoisotopic (exact) mass is 1500 g/mol. The summed E-state index contributed by atoms with van der Waals surface area (Å²) in [5.41, 5.74) is 4.90. The lowest BCUT2D eigenvalue weighted by Gasteiger charge is -2.37. The Kier molecular flexibility index (Phi) is 32.8. The van der Waals surface area contributed by atoms with E-state index in [1.807, 2.05) is 61.5 Å². The lowest BCUT2D eigenvalue weighted by molar-refractivity contribution is -0.132. The molecule has 0 aromatic heterocycles. The molecule has 1 atom stereocenters. The van der Waals surface area contributed by atoms with E-state index < -0.39 is 82.1 Å². The molecule has 20 heteroatoms. The van der Waals surface area contributed by atoms with Gasteiger partial charge in [0.15, 0.2) is 0 Å². The highest BCUT2D eigenvalue weighted by Crippen LogP contribution is 2.42. The van der Waals surface area contributed by atoms with Crippen molar-refractivity contribution < 1.29 is 95.3 Å². The molecule has 0 heterocycles. The number of rotatable bonds is 18. The molecule has 0 spiro atoms. The molecule has 1 saturated carbocycles. The van der Waals surface area contributed by atoms with Crippen molar-refractivity contribution in [2.45, 2.75) is 184 Å². The van der Waals surface area contributed by atoms with Crippen molar-refractivity contribution in [1.82, 2.24) is 0 Å². The minimum Gasteiger partial charge on any atom is -0.456 e. The number of ether oxygens (including phenoxy) is 10. The molecular formula is C90H100O20. The van der Waals surface area contributed by atoms with Gasteiger partial charge in [0.2, 0.25) is 0 Å². The fraction of sp³-hybridized carbons (Fsp3) is 0.311. The zero-order chi connectivity index (χ0) is 81.8. The largest absolute Gasteiger partial charge is 0.456 e. The topological polar surface area (TPSA) is 263 Å². The molecule has 0 radical (unpaired) electrons. The summed E-state index contributed by atoms with van der Waals surface area (Å²) in [4.78, 5) is 118. The first-order valence-electron chi connectivity index (χ1n) is 35.7. The summed E-state index contributed by atoms with van der Waals surface area (Å²) in [6, 6.07) is 38.4. The van der Waals surface area contributed by atoms with Crippen molar-refractivity contribution >= 4 is 101 Å². The summed E-state index contributed by atoms with van der Waals surface area (Å²) >= 11 is 0. The SMILES string of the molecule is C=Cc1cc(OC(C)=O)cc(C(=O)OC(C)(C)C)c1.C=Cc1ccc(C(=O)OC(C)(C)C)c(OC(C)=O)c1.C=Cc1ccc(OC(C)=O)c(C(=O)OC2(c3ccccc3)CCCCC2)c1.C=Cc1ccc(OC(C)=O)c(C(=O)OC2C=C(C)CCC2)c1.C=Cc1ccc2cc(OC(C)=O)c(C(=O)OC(C)(C)C)cc2c1. The number of carbonyl (C=O) groups is 10. The minimum atomic E-state index is -0.645. The van der Waals surface area contributed by atoms with E-state index in [0.29, 0.717) is 16.9 Å². The van der Waals surface area contributed by atoms with Crippen LogP contribution in [0, 0.1) is 0 Å². The highest BCUT2D eigenvalue weighted by Gasteiger charge is 2.39. The average Bonchev–Trinajstić information content (AvgIpc) is 0.824. The van der Waals surface area contributed by atoms with Gasteiger partial charge < -0.3 is 47.4 Å². The molecule has 0 bridgehead atoms. The molecule has 0 amide bonds. The Morgan fingerprint density at radius 2 is 0.827 bits per heavy atom. The third-order valence-corrected chi connectivity index (χ3v) is 15.7. The molecule has 110 heavy (non-hydrogen) atoms. The third-order valence-electron chi connectivity index (χ3n) is 15.7. The van der Waals surface area contributed by atoms with Crippen LogP contribution < -0.4 is 23.7 Å². The number of hydrogen-bond donors (Lipinski definition) is 0. The van der Waals surface area contributed by atoms with Crippen LogP contribution in [-0.2, 0) is 53.3 Å². The smallest absolute Gasteiger partial charge is 0.342 e. The first-order chi connectivity index (χ1) is 51.7. The fourth-order valence-electron chi connectivity index (χ4n) is 11.0. The van der Waals surface area contributed by atoms with Gasteiger partial charge in [-0.25, -0.2) is 24.0 Å². The van der Waals surface area contributed by atoms with Crippen LogP contribution >= 0.6 is 0 Å². The molecule has 0 aliphatic heterocycles. The van der Waals surface area contributed by atoms with Crippen LogP contribution in [0.4, 0.5) is 0 Å². The first-order valence-corrected chi connectivity index (χ1v) is 35.7. The first kappa shape index (κ1) is 88.6. The van der Waals surface area contributed by atoms with Crippen LogP contribution in [0.2, 0.25) is 0 Å². The van der Waals surface area contributed by atoms with Gasteiger partial charge in [-0.15, -0.1) is 0 Å². The summed E-state index contributed by atoms with van der Waals surface area (Å²) in [5, 5.41) is 1.71. The molecule has 1 unspecified atom stereocenters. The van der Waals surface area contributed by atoms with Crippen molar-refractivity contribution in [2.75, 3.05) is 0 Å². The maximum atomic E-state index is 13.1.